The van der Waals surface area contributed by atoms with Crippen LogP contribution in [0.3, 0.4) is 0 Å². The largest absolute Gasteiger partial charge is 0.490 e. The van der Waals surface area contributed by atoms with Crippen molar-refractivity contribution in [2.75, 3.05) is 26.7 Å². The first-order chi connectivity index (χ1) is 15.1. The zero-order chi connectivity index (χ0) is 21.8. The van der Waals surface area contributed by atoms with Gasteiger partial charge in [0.15, 0.2) is 0 Å². The van der Waals surface area contributed by atoms with Gasteiger partial charge in [0, 0.05) is 67.5 Å². The number of halogens is 2. The number of ether oxygens (including phenoxy) is 1. The molecule has 0 fully saturated rings. The topological polar surface area (TPSA) is 71.8 Å². The number of rotatable bonds is 6. The second kappa shape index (κ2) is 9.28. The minimum Gasteiger partial charge on any atom is -0.490 e. The number of fused-ring (bicyclic) bond motifs is 2. The number of hydrogen-bond acceptors (Lipinski definition) is 5. The molecule has 0 saturated heterocycles. The molecular weight excluding hydrogens is 421 g/mol. The number of carbonyl (C=O) groups is 1. The van der Waals surface area contributed by atoms with Crippen molar-refractivity contribution in [3.8, 4) is 11.4 Å². The van der Waals surface area contributed by atoms with E-state index in [0.29, 0.717) is 54.5 Å². The molecule has 0 aliphatic carbocycles. The lowest BCUT2D eigenvalue weighted by atomic mass is 10.1. The van der Waals surface area contributed by atoms with Crippen LogP contribution in [0.15, 0.2) is 53.4 Å². The normalized spacial score (nSPS) is 15.0. The minimum absolute atomic E-state index is 0.377. The van der Waals surface area contributed by atoms with Crippen molar-refractivity contribution in [3.05, 3.63) is 64.8 Å². The van der Waals surface area contributed by atoms with Crippen molar-refractivity contribution in [1.29, 1.82) is 0 Å². The van der Waals surface area contributed by atoms with E-state index in [0.717, 1.165) is 16.8 Å². The predicted octanol–water partition coefficient (Wildman–Crippen LogP) is 3.34. The standard InChI is InChI=1S/C22H21ClFN5O2/c1-25-9-15(10-26-14-30)12-28-4-5-31-21-17(13-28)7-19(8-20(21)23)29-3-2-16-6-18(24)11-27-22(16)29/h2-3,6-11,14H,4-5,12-13H2,1H3,(H,26,30)/b15-10+,25-9?. The zero-order valence-corrected chi connectivity index (χ0v) is 17.6. The molecule has 4 rings (SSSR count). The SMILES string of the molecule is CN=C/C(=C\NC=O)CN1CCOc2c(Cl)cc(-n3ccc4cc(F)cnc43)cc2C1. The summed E-state index contributed by atoms with van der Waals surface area (Å²) in [6.07, 6.45) is 7.01. The van der Waals surface area contributed by atoms with Gasteiger partial charge in [-0.1, -0.05) is 11.6 Å². The van der Waals surface area contributed by atoms with Crippen LogP contribution in [0.4, 0.5) is 4.39 Å². The van der Waals surface area contributed by atoms with Gasteiger partial charge in [-0.3, -0.25) is 14.7 Å². The van der Waals surface area contributed by atoms with Crippen molar-refractivity contribution >= 4 is 35.3 Å². The molecule has 0 unspecified atom stereocenters. The first-order valence-electron chi connectivity index (χ1n) is 9.70. The second-order valence-corrected chi connectivity index (χ2v) is 7.53. The fourth-order valence-corrected chi connectivity index (χ4v) is 3.97. The maximum absolute atomic E-state index is 13.5. The maximum Gasteiger partial charge on any atom is 0.211 e. The second-order valence-electron chi connectivity index (χ2n) is 7.12. The molecule has 7 nitrogen and oxygen atoms in total. The third-order valence-electron chi connectivity index (χ3n) is 4.96. The molecule has 2 aromatic heterocycles. The molecule has 1 aliphatic heterocycles. The Bertz CT molecular complexity index is 1170. The third kappa shape index (κ3) is 4.60. The van der Waals surface area contributed by atoms with Crippen LogP contribution in [0.1, 0.15) is 5.56 Å². The van der Waals surface area contributed by atoms with Gasteiger partial charge in [0.05, 0.1) is 11.2 Å². The Balaban J connectivity index is 1.67. The molecule has 0 atom stereocenters. The molecule has 1 amide bonds. The van der Waals surface area contributed by atoms with E-state index in [-0.39, 0.29) is 5.82 Å². The Kier molecular flexibility index (Phi) is 6.29. The highest BCUT2D eigenvalue weighted by Crippen LogP contribution is 2.35. The number of benzene rings is 1. The first kappa shape index (κ1) is 21.0. The molecule has 1 N–H and O–H groups in total. The predicted molar refractivity (Wildman–Crippen MR) is 119 cm³/mol. The highest BCUT2D eigenvalue weighted by Gasteiger charge is 2.20. The first-order valence-corrected chi connectivity index (χ1v) is 10.1. The molecule has 1 aliphatic rings. The van der Waals surface area contributed by atoms with E-state index in [1.165, 1.54) is 12.3 Å². The van der Waals surface area contributed by atoms with E-state index in [2.05, 4.69) is 20.2 Å². The Morgan fingerprint density at radius 3 is 3.10 bits per heavy atom. The molecule has 9 heteroatoms. The van der Waals surface area contributed by atoms with Gasteiger partial charge < -0.3 is 14.6 Å². The summed E-state index contributed by atoms with van der Waals surface area (Å²) >= 11 is 6.57. The zero-order valence-electron chi connectivity index (χ0n) is 16.9. The number of pyridine rings is 1. The van der Waals surface area contributed by atoms with Crippen LogP contribution >= 0.6 is 11.6 Å². The van der Waals surface area contributed by atoms with Gasteiger partial charge in [-0.05, 0) is 24.3 Å². The maximum atomic E-state index is 13.5. The van der Waals surface area contributed by atoms with E-state index in [9.17, 15) is 9.18 Å². The van der Waals surface area contributed by atoms with Crippen molar-refractivity contribution in [2.45, 2.75) is 6.54 Å². The Labute approximate surface area is 183 Å². The van der Waals surface area contributed by atoms with E-state index in [1.54, 1.807) is 19.5 Å². The fraction of sp³-hybridized carbons (Fsp3) is 0.227. The molecule has 160 valence electrons. The number of carbonyl (C=O) groups excluding carboxylic acids is 1. The van der Waals surface area contributed by atoms with Crippen LogP contribution in [-0.2, 0) is 11.3 Å². The molecule has 31 heavy (non-hydrogen) atoms. The van der Waals surface area contributed by atoms with Crippen molar-refractivity contribution in [2.24, 2.45) is 4.99 Å². The number of nitrogens with one attached hydrogen (secondary N) is 1. The van der Waals surface area contributed by atoms with Gasteiger partial charge in [-0.15, -0.1) is 0 Å². The van der Waals surface area contributed by atoms with Crippen molar-refractivity contribution in [1.82, 2.24) is 19.8 Å². The lowest BCUT2D eigenvalue weighted by molar-refractivity contribution is -0.108. The van der Waals surface area contributed by atoms with Gasteiger partial charge in [-0.2, -0.15) is 0 Å². The van der Waals surface area contributed by atoms with Crippen LogP contribution in [0, 0.1) is 5.82 Å². The molecule has 0 radical (unpaired) electrons. The highest BCUT2D eigenvalue weighted by atomic mass is 35.5. The Hall–Kier alpha value is -3.23. The number of aliphatic imine (C=N–C) groups is 1. The molecule has 3 heterocycles. The minimum atomic E-state index is -0.377. The molecule has 3 aromatic rings. The lowest BCUT2D eigenvalue weighted by Crippen LogP contribution is -2.28. The average molecular weight is 442 g/mol. The highest BCUT2D eigenvalue weighted by molar-refractivity contribution is 6.32. The summed E-state index contributed by atoms with van der Waals surface area (Å²) in [6.45, 7) is 2.34. The van der Waals surface area contributed by atoms with Crippen molar-refractivity contribution in [3.63, 3.8) is 0 Å². The average Bonchev–Trinajstić information content (AvgIpc) is 3.05. The smallest absolute Gasteiger partial charge is 0.211 e. The molecule has 0 saturated carbocycles. The fourth-order valence-electron chi connectivity index (χ4n) is 3.68. The van der Waals surface area contributed by atoms with Gasteiger partial charge in [0.1, 0.15) is 23.8 Å². The van der Waals surface area contributed by atoms with Crippen LogP contribution < -0.4 is 10.1 Å². The summed E-state index contributed by atoms with van der Waals surface area (Å²) in [5.41, 5.74) is 3.26. The lowest BCUT2D eigenvalue weighted by Gasteiger charge is -2.20. The molecule has 0 bridgehead atoms. The van der Waals surface area contributed by atoms with E-state index >= 15 is 0 Å². The van der Waals surface area contributed by atoms with Crippen LogP contribution in [-0.4, -0.2) is 53.8 Å². The molecule has 1 aromatic carbocycles. The van der Waals surface area contributed by atoms with Crippen LogP contribution in [0.5, 0.6) is 5.75 Å². The molecule has 0 spiro atoms. The van der Waals surface area contributed by atoms with Crippen LogP contribution in [0.2, 0.25) is 5.02 Å². The van der Waals surface area contributed by atoms with Crippen LogP contribution in [0.25, 0.3) is 16.7 Å². The summed E-state index contributed by atoms with van der Waals surface area (Å²) in [5.74, 6) is 0.280. The summed E-state index contributed by atoms with van der Waals surface area (Å²) in [7, 11) is 1.68. The van der Waals surface area contributed by atoms with E-state index in [4.69, 9.17) is 16.3 Å². The Morgan fingerprint density at radius 1 is 1.42 bits per heavy atom. The van der Waals surface area contributed by atoms with E-state index in [1.807, 2.05) is 29.0 Å². The quantitative estimate of drug-likeness (QED) is 0.470. The number of nitrogens with zero attached hydrogens (tertiary/aromatic N) is 4. The number of amides is 1. The summed E-state index contributed by atoms with van der Waals surface area (Å²) < 4.78 is 21.3. The summed E-state index contributed by atoms with van der Waals surface area (Å²) in [6, 6.07) is 7.09. The van der Waals surface area contributed by atoms with Crippen molar-refractivity contribution < 1.29 is 13.9 Å². The summed E-state index contributed by atoms with van der Waals surface area (Å²) in [4.78, 5) is 21.1. The monoisotopic (exact) mass is 441 g/mol. The number of aromatic nitrogens is 2. The molecular formula is C22H21ClFN5O2. The van der Waals surface area contributed by atoms with Gasteiger partial charge in [0.25, 0.3) is 0 Å². The van der Waals surface area contributed by atoms with Gasteiger partial charge >= 0.3 is 0 Å². The summed E-state index contributed by atoms with van der Waals surface area (Å²) in [5, 5.41) is 3.78. The Morgan fingerprint density at radius 2 is 2.29 bits per heavy atom. The van der Waals surface area contributed by atoms with E-state index < -0.39 is 0 Å². The van der Waals surface area contributed by atoms with Gasteiger partial charge in [-0.25, -0.2) is 9.37 Å². The third-order valence-corrected chi connectivity index (χ3v) is 5.24. The van der Waals surface area contributed by atoms with Gasteiger partial charge in [0.2, 0.25) is 6.41 Å². The number of hydrogen-bond donors (Lipinski definition) is 1.